The van der Waals surface area contributed by atoms with E-state index in [0.29, 0.717) is 29.8 Å². The normalized spacial score (nSPS) is 11.4. The molecular formula is C53H73N5O6. The first-order valence-corrected chi connectivity index (χ1v) is 24.1. The van der Waals surface area contributed by atoms with Gasteiger partial charge in [0.25, 0.3) is 0 Å². The van der Waals surface area contributed by atoms with Crippen LogP contribution in [0.5, 0.6) is 5.75 Å². The van der Waals surface area contributed by atoms with Gasteiger partial charge in [0.15, 0.2) is 17.0 Å². The molecule has 11 nitrogen and oxygen atoms in total. The number of hydrogen-bond donors (Lipinski definition) is 0. The van der Waals surface area contributed by atoms with Crippen molar-refractivity contribution in [2.24, 2.45) is 0 Å². The molecule has 0 aliphatic heterocycles. The van der Waals surface area contributed by atoms with E-state index in [9.17, 15) is 9.59 Å². The molecular weight excluding hydrogens is 803 g/mol. The molecule has 0 aliphatic rings. The molecule has 3 aromatic carbocycles. The number of methoxy groups -OCH3 is 1. The third-order valence-corrected chi connectivity index (χ3v) is 11.7. The van der Waals surface area contributed by atoms with Crippen molar-refractivity contribution < 1.29 is 28.5 Å². The fourth-order valence-electron chi connectivity index (χ4n) is 8.04. The van der Waals surface area contributed by atoms with Crippen LogP contribution in [0.2, 0.25) is 0 Å². The molecule has 2 heterocycles. The Labute approximate surface area is 382 Å². The highest BCUT2D eigenvalue weighted by atomic mass is 16.6. The monoisotopic (exact) mass is 876 g/mol. The highest BCUT2D eigenvalue weighted by Crippen LogP contribution is 2.41. The van der Waals surface area contributed by atoms with E-state index < -0.39 is 6.10 Å². The van der Waals surface area contributed by atoms with Crippen molar-refractivity contribution in [1.82, 2.24) is 19.5 Å². The van der Waals surface area contributed by atoms with Crippen LogP contribution in [0, 0.1) is 0 Å². The summed E-state index contributed by atoms with van der Waals surface area (Å²) in [6, 6.07) is 28.3. The molecule has 0 N–H and O–H groups in total. The van der Waals surface area contributed by atoms with E-state index in [1.54, 1.807) is 24.3 Å². The average molecular weight is 876 g/mol. The van der Waals surface area contributed by atoms with Crippen LogP contribution >= 0.6 is 0 Å². The summed E-state index contributed by atoms with van der Waals surface area (Å²) in [7, 11) is 1.65. The van der Waals surface area contributed by atoms with Crippen molar-refractivity contribution in [2.75, 3.05) is 25.2 Å². The summed E-state index contributed by atoms with van der Waals surface area (Å²) in [5.41, 5.74) is 4.17. The van der Waals surface area contributed by atoms with Gasteiger partial charge in [-0.25, -0.2) is 15.0 Å². The SMILES string of the molecule is CCCCCCCCCCCC(=O)OCC(COC(=O)CCCCCCCCCCC)OCn1cnc2c(N(c3ccc(OC)cc3)C(c3ccccc3)c3ccccc3)ncnc21. The smallest absolute Gasteiger partial charge is 0.305 e. The number of nitrogens with zero attached hydrogens (tertiary/aromatic N) is 5. The van der Waals surface area contributed by atoms with Gasteiger partial charge in [-0.15, -0.1) is 0 Å². The minimum atomic E-state index is -0.686. The van der Waals surface area contributed by atoms with E-state index in [1.165, 1.54) is 77.0 Å². The van der Waals surface area contributed by atoms with E-state index in [-0.39, 0.29) is 37.9 Å². The van der Waals surface area contributed by atoms with E-state index in [0.717, 1.165) is 61.1 Å². The van der Waals surface area contributed by atoms with Gasteiger partial charge in [0.05, 0.1) is 19.5 Å². The molecule has 0 unspecified atom stereocenters. The Balaban J connectivity index is 1.28. The first kappa shape index (κ1) is 49.7. The number of carbonyl (C=O) groups excluding carboxylic acids is 2. The lowest BCUT2D eigenvalue weighted by molar-refractivity contribution is -0.157. The maximum atomic E-state index is 12.9. The molecule has 346 valence electrons. The minimum Gasteiger partial charge on any atom is -0.497 e. The van der Waals surface area contributed by atoms with Gasteiger partial charge in [0.1, 0.15) is 38.1 Å². The van der Waals surface area contributed by atoms with E-state index in [1.807, 2.05) is 60.7 Å². The number of imidazole rings is 1. The molecule has 0 amide bonds. The topological polar surface area (TPSA) is 118 Å². The van der Waals surface area contributed by atoms with Crippen LogP contribution in [0.4, 0.5) is 11.5 Å². The molecule has 0 spiro atoms. The van der Waals surface area contributed by atoms with Crippen LogP contribution in [-0.2, 0) is 30.5 Å². The Morgan fingerprint density at radius 3 is 1.56 bits per heavy atom. The lowest BCUT2D eigenvalue weighted by Crippen LogP contribution is -2.29. The molecule has 0 saturated heterocycles. The lowest BCUT2D eigenvalue weighted by Gasteiger charge is -2.34. The molecule has 0 radical (unpaired) electrons. The molecule has 0 atom stereocenters. The molecule has 0 aliphatic carbocycles. The molecule has 0 fully saturated rings. The number of benzene rings is 3. The van der Waals surface area contributed by atoms with Gasteiger partial charge in [0, 0.05) is 18.5 Å². The first-order valence-electron chi connectivity index (χ1n) is 24.1. The van der Waals surface area contributed by atoms with Gasteiger partial charge in [-0.2, -0.15) is 0 Å². The zero-order valence-electron chi connectivity index (χ0n) is 38.8. The third-order valence-electron chi connectivity index (χ3n) is 11.7. The fraction of sp³-hybridized carbons (Fsp3) is 0.528. The van der Waals surface area contributed by atoms with Crippen LogP contribution in [0.15, 0.2) is 97.6 Å². The quantitative estimate of drug-likeness (QED) is 0.0298. The Hall–Kier alpha value is -5.29. The van der Waals surface area contributed by atoms with Gasteiger partial charge in [-0.3, -0.25) is 14.2 Å². The van der Waals surface area contributed by atoms with Crippen LogP contribution in [-0.4, -0.2) is 57.9 Å². The number of aromatic nitrogens is 4. The molecule has 5 rings (SSSR count). The standard InChI is InChI=1S/C53H73N5O6/c1-4-6-8-10-12-14-16-18-26-32-48(59)62-38-47(39-63-49(60)33-27-19-17-15-13-11-9-7-5-2)64-42-57-41-56-50-52(57)54-40-55-53(50)58(45-34-36-46(61-3)37-35-45)51(43-28-22-20-23-29-43)44-30-24-21-25-31-44/h20-25,28-31,34-37,40-41,47,51H,4-19,26-27,32-33,38-39,42H2,1-3H3. The van der Waals surface area contributed by atoms with Crippen molar-refractivity contribution in [3.63, 3.8) is 0 Å². The number of unbranched alkanes of at least 4 members (excludes halogenated alkanes) is 16. The van der Waals surface area contributed by atoms with Crippen LogP contribution in [0.25, 0.3) is 11.2 Å². The summed E-state index contributed by atoms with van der Waals surface area (Å²) in [5.74, 6) is 0.812. The average Bonchev–Trinajstić information content (AvgIpc) is 3.76. The molecule has 11 heteroatoms. The Bertz CT molecular complexity index is 1950. The van der Waals surface area contributed by atoms with Crippen molar-refractivity contribution >= 4 is 34.6 Å². The fourth-order valence-corrected chi connectivity index (χ4v) is 8.04. The lowest BCUT2D eigenvalue weighted by atomic mass is 9.96. The highest BCUT2D eigenvalue weighted by molar-refractivity contribution is 5.87. The van der Waals surface area contributed by atoms with Gasteiger partial charge < -0.3 is 23.8 Å². The van der Waals surface area contributed by atoms with Crippen LogP contribution in [0.1, 0.15) is 159 Å². The van der Waals surface area contributed by atoms with Gasteiger partial charge in [-0.05, 0) is 48.2 Å². The largest absolute Gasteiger partial charge is 0.497 e. The van der Waals surface area contributed by atoms with E-state index >= 15 is 0 Å². The molecule has 2 aromatic heterocycles. The summed E-state index contributed by atoms with van der Waals surface area (Å²) in [5, 5.41) is 0. The van der Waals surface area contributed by atoms with Gasteiger partial charge in [0.2, 0.25) is 0 Å². The number of esters is 2. The molecule has 64 heavy (non-hydrogen) atoms. The Morgan fingerprint density at radius 1 is 0.594 bits per heavy atom. The van der Waals surface area contributed by atoms with Crippen LogP contribution in [0.3, 0.4) is 0 Å². The van der Waals surface area contributed by atoms with Crippen molar-refractivity contribution in [3.05, 3.63) is 109 Å². The second-order valence-electron chi connectivity index (χ2n) is 16.8. The first-order chi connectivity index (χ1) is 31.5. The summed E-state index contributed by atoms with van der Waals surface area (Å²) in [6.45, 7) is 4.44. The predicted molar refractivity (Wildman–Crippen MR) is 256 cm³/mol. The van der Waals surface area contributed by atoms with Gasteiger partial charge >= 0.3 is 11.9 Å². The number of carbonyl (C=O) groups is 2. The number of anilines is 2. The predicted octanol–water partition coefficient (Wildman–Crippen LogP) is 13.0. The summed E-state index contributed by atoms with van der Waals surface area (Å²) >= 11 is 0. The van der Waals surface area contributed by atoms with Crippen molar-refractivity contribution in [2.45, 2.75) is 161 Å². The second kappa shape index (κ2) is 29.2. The summed E-state index contributed by atoms with van der Waals surface area (Å²) in [6.07, 6.45) is 24.3. The Kier molecular flexibility index (Phi) is 22.7. The van der Waals surface area contributed by atoms with E-state index in [2.05, 4.69) is 48.0 Å². The highest BCUT2D eigenvalue weighted by Gasteiger charge is 2.29. The maximum absolute atomic E-state index is 12.9. The summed E-state index contributed by atoms with van der Waals surface area (Å²) in [4.78, 5) is 42.4. The minimum absolute atomic E-state index is 0.0322. The van der Waals surface area contributed by atoms with Gasteiger partial charge in [-0.1, -0.05) is 177 Å². The second-order valence-corrected chi connectivity index (χ2v) is 16.8. The van der Waals surface area contributed by atoms with Crippen molar-refractivity contribution in [1.29, 1.82) is 0 Å². The van der Waals surface area contributed by atoms with Crippen molar-refractivity contribution in [3.8, 4) is 5.75 Å². The molecule has 5 aromatic rings. The molecule has 0 bridgehead atoms. The number of hydrogen-bond acceptors (Lipinski definition) is 10. The van der Waals surface area contributed by atoms with Crippen LogP contribution < -0.4 is 9.64 Å². The zero-order valence-corrected chi connectivity index (χ0v) is 38.8. The Morgan fingerprint density at radius 2 is 1.08 bits per heavy atom. The molecule has 0 saturated carbocycles. The number of rotatable bonds is 33. The number of fused-ring (bicyclic) bond motifs is 1. The third kappa shape index (κ3) is 16.7. The maximum Gasteiger partial charge on any atom is 0.305 e. The zero-order chi connectivity index (χ0) is 45.0. The summed E-state index contributed by atoms with van der Waals surface area (Å²) < 4.78 is 25.2. The van der Waals surface area contributed by atoms with E-state index in [4.69, 9.17) is 28.9 Å². The number of ether oxygens (including phenoxy) is 4.